The zero-order chi connectivity index (χ0) is 28.9. The number of nitrogens with zero attached hydrogens (tertiary/aromatic N) is 2. The normalized spacial score (nSPS) is 18.5. The van der Waals surface area contributed by atoms with E-state index in [-0.39, 0.29) is 24.7 Å². The van der Waals surface area contributed by atoms with Crippen molar-refractivity contribution in [3.8, 4) is 5.69 Å². The first-order chi connectivity index (χ1) is 19.8. The Labute approximate surface area is 240 Å². The van der Waals surface area contributed by atoms with Gasteiger partial charge >= 0.3 is 5.97 Å². The summed E-state index contributed by atoms with van der Waals surface area (Å²) >= 11 is 0. The molecule has 1 saturated carbocycles. The molecule has 5 rings (SSSR count). The summed E-state index contributed by atoms with van der Waals surface area (Å²) in [5.41, 5.74) is 4.07. The highest BCUT2D eigenvalue weighted by atomic mass is 16.5. The summed E-state index contributed by atoms with van der Waals surface area (Å²) in [7, 11) is 0. The average molecular weight is 559 g/mol. The fraction of sp³-hybridized carbons (Fsp3) is 0.438. The first kappa shape index (κ1) is 28.5. The number of aromatic nitrogens is 2. The standard InChI is InChI=1S/C32H38N4O5/c1-20-17-28(37)36(25-8-4-3-5-9-25)21(2)29(20)31(38)35-27(32(39)40)14-16-41-26-18-22(19-26)10-12-24-13-11-23-7-6-15-33-30(23)34-24/h3-5,8-9,11,13,17,22,26-27H,6-7,10,12,14-16,18-19H2,1-2H3,(H,33,34)(H,35,38)(H,39,40)/t22-,26+,27-/m0/s1. The highest BCUT2D eigenvalue weighted by Crippen LogP contribution is 2.34. The van der Waals surface area contributed by atoms with E-state index in [2.05, 4.69) is 22.8 Å². The molecule has 0 bridgehead atoms. The third-order valence-corrected chi connectivity index (χ3v) is 8.21. The molecule has 3 N–H and O–H groups in total. The second-order valence-electron chi connectivity index (χ2n) is 11.2. The fourth-order valence-electron chi connectivity index (χ4n) is 5.87. The van der Waals surface area contributed by atoms with Gasteiger partial charge in [0.2, 0.25) is 0 Å². The number of fused-ring (bicyclic) bond motifs is 1. The van der Waals surface area contributed by atoms with E-state index in [0.717, 1.165) is 56.6 Å². The van der Waals surface area contributed by atoms with Crippen LogP contribution in [-0.4, -0.2) is 51.8 Å². The molecule has 9 nitrogen and oxygen atoms in total. The van der Waals surface area contributed by atoms with Gasteiger partial charge in [-0.3, -0.25) is 14.2 Å². The molecule has 1 aliphatic heterocycles. The number of rotatable bonds is 11. The van der Waals surface area contributed by atoms with E-state index in [1.165, 1.54) is 16.2 Å². The summed E-state index contributed by atoms with van der Waals surface area (Å²) in [5.74, 6) is -0.0299. The zero-order valence-electron chi connectivity index (χ0n) is 23.7. The van der Waals surface area contributed by atoms with E-state index in [1.807, 2.05) is 18.2 Å². The summed E-state index contributed by atoms with van der Waals surface area (Å²) in [5, 5.41) is 15.8. The van der Waals surface area contributed by atoms with Gasteiger partial charge in [-0.25, -0.2) is 9.78 Å². The molecule has 0 radical (unpaired) electrons. The Morgan fingerprint density at radius 1 is 1.17 bits per heavy atom. The smallest absolute Gasteiger partial charge is 0.326 e. The molecule has 216 valence electrons. The number of carboxylic acid groups (broad SMARTS) is 1. The Morgan fingerprint density at radius 2 is 1.95 bits per heavy atom. The number of anilines is 1. The summed E-state index contributed by atoms with van der Waals surface area (Å²) in [6.45, 7) is 4.61. The molecular formula is C32H38N4O5. The lowest BCUT2D eigenvalue weighted by atomic mass is 9.79. The minimum atomic E-state index is -1.12. The Kier molecular flexibility index (Phi) is 8.83. The van der Waals surface area contributed by atoms with E-state index in [9.17, 15) is 19.5 Å². The van der Waals surface area contributed by atoms with Gasteiger partial charge in [-0.15, -0.1) is 0 Å². The molecule has 0 spiro atoms. The van der Waals surface area contributed by atoms with E-state index in [4.69, 9.17) is 9.72 Å². The van der Waals surface area contributed by atoms with Crippen molar-refractivity contribution < 1.29 is 19.4 Å². The molecule has 1 aliphatic carbocycles. The van der Waals surface area contributed by atoms with Crippen LogP contribution in [0, 0.1) is 19.8 Å². The molecule has 1 amide bonds. The minimum absolute atomic E-state index is 0.113. The van der Waals surface area contributed by atoms with Crippen molar-refractivity contribution in [3.05, 3.63) is 87.0 Å². The highest BCUT2D eigenvalue weighted by molar-refractivity contribution is 5.98. The van der Waals surface area contributed by atoms with Gasteiger partial charge in [0, 0.05) is 42.7 Å². The predicted octanol–water partition coefficient (Wildman–Crippen LogP) is 4.21. The number of carbonyl (C=O) groups is 2. The van der Waals surface area contributed by atoms with Gasteiger partial charge in [0.25, 0.3) is 11.5 Å². The molecule has 2 aromatic heterocycles. The van der Waals surface area contributed by atoms with E-state index in [0.29, 0.717) is 28.4 Å². The van der Waals surface area contributed by atoms with Crippen LogP contribution in [0.1, 0.15) is 65.0 Å². The number of amides is 1. The van der Waals surface area contributed by atoms with Gasteiger partial charge in [-0.05, 0) is 87.6 Å². The summed E-state index contributed by atoms with van der Waals surface area (Å²) < 4.78 is 7.42. The number of para-hydroxylation sites is 1. The fourth-order valence-corrected chi connectivity index (χ4v) is 5.87. The molecule has 1 atom stereocenters. The molecule has 2 aliphatic rings. The van der Waals surface area contributed by atoms with Crippen molar-refractivity contribution in [2.24, 2.45) is 5.92 Å². The number of carbonyl (C=O) groups excluding carboxylic acids is 1. The molecule has 3 aromatic rings. The summed E-state index contributed by atoms with van der Waals surface area (Å²) in [6, 6.07) is 13.7. The number of benzene rings is 1. The lowest BCUT2D eigenvalue weighted by Crippen LogP contribution is -2.43. The van der Waals surface area contributed by atoms with Crippen LogP contribution in [0.25, 0.3) is 5.69 Å². The predicted molar refractivity (Wildman–Crippen MR) is 157 cm³/mol. The Balaban J connectivity index is 1.10. The molecule has 3 heterocycles. The second kappa shape index (κ2) is 12.7. The number of hydrogen-bond donors (Lipinski definition) is 3. The van der Waals surface area contributed by atoms with Gasteiger partial charge in [-0.1, -0.05) is 24.3 Å². The van der Waals surface area contributed by atoms with Crippen LogP contribution in [0.5, 0.6) is 0 Å². The zero-order valence-corrected chi connectivity index (χ0v) is 23.7. The lowest BCUT2D eigenvalue weighted by molar-refractivity contribution is -0.140. The summed E-state index contributed by atoms with van der Waals surface area (Å²) in [6.07, 6.45) is 6.42. The van der Waals surface area contributed by atoms with Crippen LogP contribution in [0.3, 0.4) is 0 Å². The number of pyridine rings is 2. The number of ether oxygens (including phenoxy) is 1. The topological polar surface area (TPSA) is 123 Å². The van der Waals surface area contributed by atoms with Gasteiger partial charge < -0.3 is 20.5 Å². The van der Waals surface area contributed by atoms with Crippen molar-refractivity contribution in [2.75, 3.05) is 18.5 Å². The van der Waals surface area contributed by atoms with E-state index >= 15 is 0 Å². The molecule has 1 fully saturated rings. The van der Waals surface area contributed by atoms with Gasteiger partial charge in [-0.2, -0.15) is 0 Å². The third kappa shape index (κ3) is 6.68. The van der Waals surface area contributed by atoms with Crippen molar-refractivity contribution in [1.29, 1.82) is 0 Å². The van der Waals surface area contributed by atoms with Crippen LogP contribution in [0.15, 0.2) is 53.3 Å². The SMILES string of the molecule is Cc1cc(=O)n(-c2ccccc2)c(C)c1C(=O)N[C@@H](CCO[C@H]1C[C@@H](CCc2ccc3c(n2)NCCC3)C1)C(=O)O. The maximum Gasteiger partial charge on any atom is 0.326 e. The Bertz CT molecular complexity index is 1460. The molecule has 1 aromatic carbocycles. The number of aryl methyl sites for hydroxylation is 3. The van der Waals surface area contributed by atoms with Crippen LogP contribution >= 0.6 is 0 Å². The second-order valence-corrected chi connectivity index (χ2v) is 11.2. The van der Waals surface area contributed by atoms with Gasteiger partial charge in [0.1, 0.15) is 11.9 Å². The summed E-state index contributed by atoms with van der Waals surface area (Å²) in [4.78, 5) is 42.7. The minimum Gasteiger partial charge on any atom is -0.480 e. The van der Waals surface area contributed by atoms with Crippen LogP contribution in [0.4, 0.5) is 5.82 Å². The van der Waals surface area contributed by atoms with Gasteiger partial charge in [0.15, 0.2) is 0 Å². The Hall–Kier alpha value is -3.98. The van der Waals surface area contributed by atoms with Crippen molar-refractivity contribution in [3.63, 3.8) is 0 Å². The number of hydrogen-bond acceptors (Lipinski definition) is 6. The average Bonchev–Trinajstić information content (AvgIpc) is 2.93. The maximum atomic E-state index is 13.2. The number of nitrogens with one attached hydrogen (secondary N) is 2. The Morgan fingerprint density at radius 3 is 2.71 bits per heavy atom. The van der Waals surface area contributed by atoms with Crippen molar-refractivity contribution >= 4 is 17.7 Å². The van der Waals surface area contributed by atoms with Crippen LogP contribution < -0.4 is 16.2 Å². The van der Waals surface area contributed by atoms with E-state index < -0.39 is 17.9 Å². The lowest BCUT2D eigenvalue weighted by Gasteiger charge is -2.35. The van der Waals surface area contributed by atoms with Crippen LogP contribution in [0.2, 0.25) is 0 Å². The number of aliphatic carboxylic acids is 1. The third-order valence-electron chi connectivity index (χ3n) is 8.21. The first-order valence-corrected chi connectivity index (χ1v) is 14.5. The number of carboxylic acids is 1. The highest BCUT2D eigenvalue weighted by Gasteiger charge is 2.30. The van der Waals surface area contributed by atoms with Crippen LogP contribution in [-0.2, 0) is 22.4 Å². The van der Waals surface area contributed by atoms with Gasteiger partial charge in [0.05, 0.1) is 11.7 Å². The molecular weight excluding hydrogens is 520 g/mol. The van der Waals surface area contributed by atoms with Crippen molar-refractivity contribution in [1.82, 2.24) is 14.9 Å². The molecule has 0 unspecified atom stereocenters. The monoisotopic (exact) mass is 558 g/mol. The molecule has 0 saturated heterocycles. The van der Waals surface area contributed by atoms with Crippen molar-refractivity contribution in [2.45, 2.75) is 70.9 Å². The van der Waals surface area contributed by atoms with E-state index in [1.54, 1.807) is 26.0 Å². The largest absolute Gasteiger partial charge is 0.480 e. The first-order valence-electron chi connectivity index (χ1n) is 14.5. The quantitative estimate of drug-likeness (QED) is 0.322. The maximum absolute atomic E-state index is 13.2. The molecule has 9 heteroatoms. The molecule has 41 heavy (non-hydrogen) atoms.